The fourth-order valence-electron chi connectivity index (χ4n) is 3.81. The van der Waals surface area contributed by atoms with Crippen LogP contribution >= 0.6 is 11.6 Å². The van der Waals surface area contributed by atoms with Gasteiger partial charge in [0, 0.05) is 43.9 Å². The van der Waals surface area contributed by atoms with Crippen LogP contribution in [0.1, 0.15) is 21.5 Å². The zero-order valence-corrected chi connectivity index (χ0v) is 18.9. The summed E-state index contributed by atoms with van der Waals surface area (Å²) in [4.78, 5) is 44.7. The van der Waals surface area contributed by atoms with Crippen LogP contribution in [-0.2, 0) is 6.54 Å². The monoisotopic (exact) mass is 464 g/mol. The van der Waals surface area contributed by atoms with Crippen molar-refractivity contribution in [3.05, 3.63) is 109 Å². The minimum atomic E-state index is -0.614. The number of hydrogen-bond donors (Lipinski definition) is 1. The summed E-state index contributed by atoms with van der Waals surface area (Å²) in [6.07, 6.45) is 5.41. The average Bonchev–Trinajstić information content (AvgIpc) is 2.84. The molecule has 1 fully saturated rings. The van der Waals surface area contributed by atoms with E-state index in [0.717, 1.165) is 16.7 Å². The first-order valence-electron chi connectivity index (χ1n) is 10.8. The number of rotatable bonds is 6. The summed E-state index contributed by atoms with van der Waals surface area (Å²) >= 11 is 6.18. The molecule has 1 aliphatic heterocycles. The number of amides is 1. The van der Waals surface area contributed by atoms with Gasteiger partial charge < -0.3 is 9.88 Å². The molecule has 1 aromatic heterocycles. The molecule has 0 aliphatic carbocycles. The molecule has 0 saturated carbocycles. The Balaban J connectivity index is 1.41. The molecule has 0 radical (unpaired) electrons. The molecule has 170 valence electrons. The quantitative estimate of drug-likeness (QED) is 0.608. The summed E-state index contributed by atoms with van der Waals surface area (Å²) in [7, 11) is 0. The third-order valence-corrected chi connectivity index (χ3v) is 6.08. The Bertz CT molecular complexity index is 1260. The van der Waals surface area contributed by atoms with Crippen molar-refractivity contribution in [3.63, 3.8) is 0 Å². The van der Waals surface area contributed by atoms with Gasteiger partial charge in [0.25, 0.3) is 11.5 Å². The molecule has 1 amide bonds. The number of carbonyl (C=O) groups is 1. The molecule has 3 aromatic rings. The van der Waals surface area contributed by atoms with E-state index in [-0.39, 0.29) is 18.0 Å². The molecule has 0 atom stereocenters. The summed E-state index contributed by atoms with van der Waals surface area (Å²) in [5, 5.41) is 0.456. The van der Waals surface area contributed by atoms with Crippen LogP contribution in [0.3, 0.4) is 0 Å². The van der Waals surface area contributed by atoms with Crippen molar-refractivity contribution in [3.8, 4) is 0 Å². The van der Waals surface area contributed by atoms with Gasteiger partial charge in [0.1, 0.15) is 5.56 Å². The molecular formula is C25H25ClN4O3. The number of carbonyl (C=O) groups excluding carboxylic acids is 1. The summed E-state index contributed by atoms with van der Waals surface area (Å²) in [5.41, 5.74) is 0.549. The van der Waals surface area contributed by atoms with E-state index in [4.69, 9.17) is 11.6 Å². The van der Waals surface area contributed by atoms with Crippen LogP contribution in [-0.4, -0.2) is 58.0 Å². The van der Waals surface area contributed by atoms with Gasteiger partial charge in [-0.3, -0.25) is 19.1 Å². The molecule has 1 aliphatic rings. The number of nitrogens with one attached hydrogen (secondary N) is 1. The highest BCUT2D eigenvalue weighted by Crippen LogP contribution is 2.15. The van der Waals surface area contributed by atoms with E-state index < -0.39 is 11.2 Å². The number of nitrogens with zero attached hydrogens (tertiary/aromatic N) is 3. The molecule has 1 saturated heterocycles. The summed E-state index contributed by atoms with van der Waals surface area (Å²) in [6, 6.07) is 17.1. The fourth-order valence-corrected chi connectivity index (χ4v) is 4.01. The zero-order valence-electron chi connectivity index (χ0n) is 18.1. The lowest BCUT2D eigenvalue weighted by Gasteiger charge is -2.34. The molecule has 1 N–H and O–H groups in total. The lowest BCUT2D eigenvalue weighted by atomic mass is 10.2. The van der Waals surface area contributed by atoms with Crippen LogP contribution in [0.5, 0.6) is 0 Å². The van der Waals surface area contributed by atoms with Crippen LogP contribution in [0, 0.1) is 0 Å². The molecule has 2 aromatic carbocycles. The molecule has 0 spiro atoms. The molecule has 8 heteroatoms. The Hall–Kier alpha value is -3.42. The molecule has 0 unspecified atom stereocenters. The van der Waals surface area contributed by atoms with Crippen molar-refractivity contribution in [2.45, 2.75) is 6.54 Å². The third kappa shape index (κ3) is 5.50. The minimum absolute atomic E-state index is 0.00349. The number of halogens is 1. The molecule has 33 heavy (non-hydrogen) atoms. The second kappa shape index (κ2) is 10.5. The average molecular weight is 465 g/mol. The summed E-state index contributed by atoms with van der Waals surface area (Å²) in [5.74, 6) is -0.372. The molecule has 7 nitrogen and oxygen atoms in total. The van der Waals surface area contributed by atoms with Crippen LogP contribution in [0.2, 0.25) is 5.02 Å². The van der Waals surface area contributed by atoms with Crippen LogP contribution in [0.15, 0.2) is 76.5 Å². The Labute approximate surface area is 196 Å². The van der Waals surface area contributed by atoms with E-state index in [1.807, 2.05) is 18.2 Å². The molecule has 2 heterocycles. The van der Waals surface area contributed by atoms with Crippen molar-refractivity contribution in [2.75, 3.05) is 32.7 Å². The molecular weight excluding hydrogens is 440 g/mol. The maximum absolute atomic E-state index is 13.0. The van der Waals surface area contributed by atoms with Crippen LogP contribution in [0.4, 0.5) is 0 Å². The van der Waals surface area contributed by atoms with Gasteiger partial charge in [-0.2, -0.15) is 0 Å². The van der Waals surface area contributed by atoms with E-state index >= 15 is 0 Å². The lowest BCUT2D eigenvalue weighted by molar-refractivity contribution is 0.0647. The van der Waals surface area contributed by atoms with Gasteiger partial charge in [-0.25, -0.2) is 4.79 Å². The summed E-state index contributed by atoms with van der Waals surface area (Å²) in [6.45, 7) is 3.24. The maximum atomic E-state index is 13.0. The first-order chi connectivity index (χ1) is 16.0. The lowest BCUT2D eigenvalue weighted by Crippen LogP contribution is -2.50. The Morgan fingerprint density at radius 1 is 0.970 bits per heavy atom. The predicted octanol–water partition coefficient (Wildman–Crippen LogP) is 2.71. The number of benzene rings is 2. The predicted molar refractivity (Wildman–Crippen MR) is 130 cm³/mol. The third-order valence-electron chi connectivity index (χ3n) is 5.71. The van der Waals surface area contributed by atoms with Crippen molar-refractivity contribution >= 4 is 23.6 Å². The maximum Gasteiger partial charge on any atom is 0.328 e. The number of hydrogen-bond acceptors (Lipinski definition) is 4. The number of H-pyrrole nitrogens is 1. The number of aromatic nitrogens is 2. The first-order valence-corrected chi connectivity index (χ1v) is 11.2. The topological polar surface area (TPSA) is 78.4 Å². The van der Waals surface area contributed by atoms with E-state index in [1.54, 1.807) is 29.2 Å². The Kier molecular flexibility index (Phi) is 7.22. The Morgan fingerprint density at radius 2 is 1.67 bits per heavy atom. The highest BCUT2D eigenvalue weighted by Gasteiger charge is 2.25. The number of piperazine rings is 1. The van der Waals surface area contributed by atoms with Gasteiger partial charge in [0.15, 0.2) is 0 Å². The Morgan fingerprint density at radius 3 is 2.39 bits per heavy atom. The summed E-state index contributed by atoms with van der Waals surface area (Å²) < 4.78 is 1.01. The second-order valence-electron chi connectivity index (χ2n) is 7.90. The van der Waals surface area contributed by atoms with Gasteiger partial charge in [-0.1, -0.05) is 72.3 Å². The zero-order chi connectivity index (χ0) is 23.2. The van der Waals surface area contributed by atoms with E-state index in [0.29, 0.717) is 36.8 Å². The minimum Gasteiger partial charge on any atom is -0.336 e. The standard InChI is InChI=1S/C25H25ClN4O3/c26-22-11-5-4-10-20(22)18-30-24(32)21(17-27-25(30)33)23(31)29-15-13-28(14-16-29)12-6-9-19-7-2-1-3-8-19/h1-11,17H,12-16,18H2,(H,27,33)/b9-6+. The van der Waals surface area contributed by atoms with Crippen LogP contribution < -0.4 is 11.2 Å². The largest absolute Gasteiger partial charge is 0.336 e. The first kappa shape index (κ1) is 22.8. The van der Waals surface area contributed by atoms with Crippen molar-refractivity contribution < 1.29 is 4.79 Å². The van der Waals surface area contributed by atoms with Crippen molar-refractivity contribution in [2.24, 2.45) is 0 Å². The smallest absolute Gasteiger partial charge is 0.328 e. The SMILES string of the molecule is O=C(c1c[nH]c(=O)n(Cc2ccccc2Cl)c1=O)N1CCN(C/C=C/c2ccccc2)CC1. The van der Waals surface area contributed by atoms with E-state index in [1.165, 1.54) is 6.20 Å². The van der Waals surface area contributed by atoms with Gasteiger partial charge in [0.05, 0.1) is 6.54 Å². The normalized spacial score (nSPS) is 14.6. The van der Waals surface area contributed by atoms with Gasteiger partial charge in [-0.05, 0) is 17.2 Å². The van der Waals surface area contributed by atoms with Gasteiger partial charge in [-0.15, -0.1) is 0 Å². The van der Waals surface area contributed by atoms with Gasteiger partial charge >= 0.3 is 5.69 Å². The van der Waals surface area contributed by atoms with E-state index in [9.17, 15) is 14.4 Å². The second-order valence-corrected chi connectivity index (χ2v) is 8.30. The molecule has 4 rings (SSSR count). The van der Waals surface area contributed by atoms with Gasteiger partial charge in [0.2, 0.25) is 0 Å². The highest BCUT2D eigenvalue weighted by atomic mass is 35.5. The van der Waals surface area contributed by atoms with Crippen molar-refractivity contribution in [1.82, 2.24) is 19.4 Å². The van der Waals surface area contributed by atoms with Crippen LogP contribution in [0.25, 0.3) is 6.08 Å². The number of aromatic amines is 1. The fraction of sp³-hybridized carbons (Fsp3) is 0.240. The highest BCUT2D eigenvalue weighted by molar-refractivity contribution is 6.31. The van der Waals surface area contributed by atoms with E-state index in [2.05, 4.69) is 34.2 Å². The molecule has 0 bridgehead atoms. The van der Waals surface area contributed by atoms with Crippen molar-refractivity contribution in [1.29, 1.82) is 0 Å².